The number of aromatic nitrogens is 8. The molecular formula is C21H24N12O. The summed E-state index contributed by atoms with van der Waals surface area (Å²) in [5, 5.41) is 22.8. The predicted octanol–water partition coefficient (Wildman–Crippen LogP) is 1.16. The first-order chi connectivity index (χ1) is 16.6. The van der Waals surface area contributed by atoms with E-state index < -0.39 is 5.91 Å². The normalized spacial score (nSPS) is 17.9. The van der Waals surface area contributed by atoms with Crippen LogP contribution in [0, 0.1) is 0 Å². The van der Waals surface area contributed by atoms with Crippen molar-refractivity contribution in [2.24, 2.45) is 11.5 Å². The third-order valence-corrected chi connectivity index (χ3v) is 5.66. The molecule has 0 aliphatic heterocycles. The van der Waals surface area contributed by atoms with Crippen molar-refractivity contribution in [2.45, 2.75) is 37.8 Å². The highest BCUT2D eigenvalue weighted by Crippen LogP contribution is 2.26. The van der Waals surface area contributed by atoms with E-state index in [1.165, 1.54) is 11.0 Å². The second-order valence-corrected chi connectivity index (χ2v) is 8.05. The molecule has 4 aromatic rings. The van der Waals surface area contributed by atoms with Gasteiger partial charge >= 0.3 is 0 Å². The van der Waals surface area contributed by atoms with E-state index in [0.717, 1.165) is 25.7 Å². The van der Waals surface area contributed by atoms with E-state index in [4.69, 9.17) is 11.5 Å². The Balaban J connectivity index is 1.50. The molecule has 0 bridgehead atoms. The van der Waals surface area contributed by atoms with Crippen LogP contribution in [0.15, 0.2) is 49.2 Å². The number of nitrogens with one attached hydrogen (secondary N) is 2. The maximum Gasteiger partial charge on any atom is 0.271 e. The molecule has 13 heteroatoms. The molecule has 1 aliphatic carbocycles. The number of rotatable bonds is 7. The Kier molecular flexibility index (Phi) is 5.82. The van der Waals surface area contributed by atoms with Crippen molar-refractivity contribution >= 4 is 23.2 Å². The zero-order chi connectivity index (χ0) is 23.5. The summed E-state index contributed by atoms with van der Waals surface area (Å²) in [4.78, 5) is 22.4. The highest BCUT2D eigenvalue weighted by Gasteiger charge is 2.23. The van der Waals surface area contributed by atoms with Crippen LogP contribution in [0.1, 0.15) is 36.2 Å². The van der Waals surface area contributed by atoms with Gasteiger partial charge < -0.3 is 22.1 Å². The summed E-state index contributed by atoms with van der Waals surface area (Å²) < 4.78 is 1.60. The third kappa shape index (κ3) is 4.54. The Hall–Kier alpha value is -4.39. The summed E-state index contributed by atoms with van der Waals surface area (Å²) in [6.07, 6.45) is 12.1. The lowest BCUT2D eigenvalue weighted by molar-refractivity contribution is 0.0996. The molecule has 3 heterocycles. The van der Waals surface area contributed by atoms with Gasteiger partial charge in [0.2, 0.25) is 0 Å². The van der Waals surface area contributed by atoms with E-state index in [9.17, 15) is 4.79 Å². The Bertz CT molecular complexity index is 1220. The van der Waals surface area contributed by atoms with Crippen LogP contribution in [0.25, 0.3) is 11.4 Å². The molecule has 1 aliphatic rings. The van der Waals surface area contributed by atoms with Crippen LogP contribution in [-0.2, 0) is 0 Å². The van der Waals surface area contributed by atoms with Crippen molar-refractivity contribution in [3.8, 4) is 11.4 Å². The van der Waals surface area contributed by atoms with Gasteiger partial charge in [0.1, 0.15) is 5.82 Å². The molecule has 1 aromatic carbocycles. The molecule has 1 saturated carbocycles. The smallest absolute Gasteiger partial charge is 0.271 e. The number of primary amides is 1. The molecule has 5 rings (SSSR count). The lowest BCUT2D eigenvalue weighted by Gasteiger charge is -2.29. The average Bonchev–Trinajstić information content (AvgIpc) is 3.55. The number of hydrogen-bond acceptors (Lipinski definition) is 10. The van der Waals surface area contributed by atoms with Crippen molar-refractivity contribution in [3.05, 3.63) is 54.9 Å². The molecular weight excluding hydrogens is 436 g/mol. The fourth-order valence-corrected chi connectivity index (χ4v) is 4.00. The number of carbonyl (C=O) groups excluding carboxylic acids is 1. The zero-order valence-electron chi connectivity index (χ0n) is 18.2. The van der Waals surface area contributed by atoms with Crippen molar-refractivity contribution in [3.63, 3.8) is 0 Å². The van der Waals surface area contributed by atoms with Gasteiger partial charge in [-0.1, -0.05) is 18.1 Å². The van der Waals surface area contributed by atoms with Crippen LogP contribution in [0.2, 0.25) is 0 Å². The van der Waals surface area contributed by atoms with E-state index in [1.807, 2.05) is 18.2 Å². The number of amides is 1. The zero-order valence-corrected chi connectivity index (χ0v) is 18.2. The minimum Gasteiger partial charge on any atom is -0.364 e. The van der Waals surface area contributed by atoms with E-state index in [2.05, 4.69) is 41.1 Å². The van der Waals surface area contributed by atoms with Crippen molar-refractivity contribution in [1.82, 2.24) is 40.0 Å². The van der Waals surface area contributed by atoms with Gasteiger partial charge in [-0.3, -0.25) is 4.79 Å². The predicted molar refractivity (Wildman–Crippen MR) is 124 cm³/mol. The maximum atomic E-state index is 12.1. The summed E-state index contributed by atoms with van der Waals surface area (Å²) >= 11 is 0. The van der Waals surface area contributed by atoms with Gasteiger partial charge in [-0.2, -0.15) is 15.0 Å². The number of benzene rings is 1. The van der Waals surface area contributed by atoms with E-state index in [-0.39, 0.29) is 23.6 Å². The summed E-state index contributed by atoms with van der Waals surface area (Å²) in [7, 11) is 0. The minimum atomic E-state index is -0.697. The molecule has 1 amide bonds. The highest BCUT2D eigenvalue weighted by atomic mass is 16.1. The topological polar surface area (TPSA) is 180 Å². The van der Waals surface area contributed by atoms with Crippen LogP contribution >= 0.6 is 0 Å². The Morgan fingerprint density at radius 3 is 2.59 bits per heavy atom. The Morgan fingerprint density at radius 1 is 1.06 bits per heavy atom. The second-order valence-electron chi connectivity index (χ2n) is 8.05. The summed E-state index contributed by atoms with van der Waals surface area (Å²) in [6.45, 7) is 0. The van der Waals surface area contributed by atoms with Crippen LogP contribution in [0.4, 0.5) is 17.3 Å². The molecule has 174 valence electrons. The fraction of sp³-hybridized carbons (Fsp3) is 0.286. The summed E-state index contributed by atoms with van der Waals surface area (Å²) in [6, 6.07) is 5.60. The van der Waals surface area contributed by atoms with Gasteiger partial charge in [0, 0.05) is 17.8 Å². The fourth-order valence-electron chi connectivity index (χ4n) is 4.00. The van der Waals surface area contributed by atoms with Crippen LogP contribution in [-0.4, -0.2) is 57.9 Å². The van der Waals surface area contributed by atoms with Crippen LogP contribution in [0.5, 0.6) is 0 Å². The summed E-state index contributed by atoms with van der Waals surface area (Å²) in [5.74, 6) is 0.0329. The molecule has 1 fully saturated rings. The molecule has 0 radical (unpaired) electrons. The standard InChI is InChI=1S/C21H24N12O/c22-16-3-1-2-4-17(16)29-18-12-24-19(20(23)34)21(30-18)28-13-9-14(32-8-7-25-31-32)11-15(10-13)33-26-5-6-27-33/h5-12,16-17H,1-4,22H2,(H2,23,34)(H2,28,29,30)/t16-,17+/m0/s1. The Labute approximate surface area is 194 Å². The van der Waals surface area contributed by atoms with Crippen molar-refractivity contribution in [2.75, 3.05) is 10.6 Å². The van der Waals surface area contributed by atoms with E-state index in [1.54, 1.807) is 29.5 Å². The second kappa shape index (κ2) is 9.23. The number of hydrogen-bond donors (Lipinski definition) is 4. The molecule has 6 N–H and O–H groups in total. The lowest BCUT2D eigenvalue weighted by atomic mass is 9.91. The van der Waals surface area contributed by atoms with Gasteiger partial charge in [-0.05, 0) is 31.0 Å². The SMILES string of the molecule is NC(=O)c1ncc(N[C@@H]2CCCC[C@@H]2N)nc1Nc1cc(-n2ccnn2)cc(-n2nccn2)c1. The number of carbonyl (C=O) groups is 1. The monoisotopic (exact) mass is 460 g/mol. The van der Waals surface area contributed by atoms with Gasteiger partial charge in [-0.25, -0.2) is 14.6 Å². The van der Waals surface area contributed by atoms with Crippen LogP contribution < -0.4 is 22.1 Å². The molecule has 3 aromatic heterocycles. The first-order valence-corrected chi connectivity index (χ1v) is 10.9. The van der Waals surface area contributed by atoms with Gasteiger partial charge in [0.25, 0.3) is 5.91 Å². The molecule has 2 atom stereocenters. The van der Waals surface area contributed by atoms with Crippen LogP contribution in [0.3, 0.4) is 0 Å². The maximum absolute atomic E-state index is 12.1. The number of nitrogens with two attached hydrogens (primary N) is 2. The number of anilines is 3. The van der Waals surface area contributed by atoms with Crippen molar-refractivity contribution < 1.29 is 4.79 Å². The first-order valence-electron chi connectivity index (χ1n) is 10.9. The highest BCUT2D eigenvalue weighted by molar-refractivity contribution is 5.96. The average molecular weight is 461 g/mol. The molecule has 0 unspecified atom stereocenters. The third-order valence-electron chi connectivity index (χ3n) is 5.66. The lowest BCUT2D eigenvalue weighted by Crippen LogP contribution is -2.42. The Morgan fingerprint density at radius 2 is 1.85 bits per heavy atom. The molecule has 0 spiro atoms. The minimum absolute atomic E-state index is 0.0171. The molecule has 13 nitrogen and oxygen atoms in total. The molecule has 34 heavy (non-hydrogen) atoms. The van der Waals surface area contributed by atoms with Gasteiger partial charge in [-0.15, -0.1) is 5.10 Å². The largest absolute Gasteiger partial charge is 0.364 e. The summed E-state index contributed by atoms with van der Waals surface area (Å²) in [5.41, 5.74) is 13.8. The van der Waals surface area contributed by atoms with E-state index >= 15 is 0 Å². The first kappa shape index (κ1) is 21.5. The van der Waals surface area contributed by atoms with Crippen molar-refractivity contribution in [1.29, 1.82) is 0 Å². The van der Waals surface area contributed by atoms with Gasteiger partial charge in [0.15, 0.2) is 11.5 Å². The molecule has 0 saturated heterocycles. The van der Waals surface area contributed by atoms with Gasteiger partial charge in [0.05, 0.1) is 42.4 Å². The van der Waals surface area contributed by atoms with E-state index in [0.29, 0.717) is 22.9 Å². The quantitative estimate of drug-likeness (QED) is 0.312. The number of nitrogens with zero attached hydrogens (tertiary/aromatic N) is 8.